The van der Waals surface area contributed by atoms with Gasteiger partial charge in [-0.1, -0.05) is 29.3 Å². The van der Waals surface area contributed by atoms with Gasteiger partial charge < -0.3 is 10.6 Å². The Bertz CT molecular complexity index is 924. The summed E-state index contributed by atoms with van der Waals surface area (Å²) in [6, 6.07) is 8.95. The minimum absolute atomic E-state index is 0.0129. The molecule has 0 atom stereocenters. The molecule has 7 heteroatoms. The van der Waals surface area contributed by atoms with Crippen LogP contribution in [0.25, 0.3) is 0 Å². The maximum Gasteiger partial charge on any atom is 0.243 e. The van der Waals surface area contributed by atoms with Crippen LogP contribution in [0.1, 0.15) is 16.7 Å². The van der Waals surface area contributed by atoms with Crippen molar-refractivity contribution in [1.82, 2.24) is 0 Å². The zero-order valence-electron chi connectivity index (χ0n) is 14.6. The number of carbonyl (C=O) groups excluding carboxylic acids is 1. The highest BCUT2D eigenvalue weighted by Gasteiger charge is 2.18. The van der Waals surface area contributed by atoms with Gasteiger partial charge in [0.2, 0.25) is 5.91 Å². The van der Waals surface area contributed by atoms with Crippen LogP contribution in [0.2, 0.25) is 5.02 Å². The lowest BCUT2D eigenvalue weighted by molar-refractivity contribution is -0.114. The average molecular weight is 381 g/mol. The molecule has 134 valence electrons. The molecule has 0 unspecified atom stereocenters. The van der Waals surface area contributed by atoms with Crippen LogP contribution in [0.3, 0.4) is 0 Å². The Morgan fingerprint density at radius 2 is 1.72 bits per heavy atom. The number of hydrogen-bond acceptors (Lipinski definition) is 4. The van der Waals surface area contributed by atoms with Gasteiger partial charge in [-0.05, 0) is 50.1 Å². The molecular formula is C18H21ClN2O3S. The third kappa shape index (κ3) is 4.74. The van der Waals surface area contributed by atoms with Crippen molar-refractivity contribution >= 4 is 38.7 Å². The van der Waals surface area contributed by atoms with E-state index in [1.807, 2.05) is 32.0 Å². The molecule has 0 heterocycles. The van der Waals surface area contributed by atoms with Gasteiger partial charge in [0, 0.05) is 17.6 Å². The molecule has 0 aliphatic heterocycles. The van der Waals surface area contributed by atoms with Crippen molar-refractivity contribution in [2.24, 2.45) is 0 Å². The predicted molar refractivity (Wildman–Crippen MR) is 102 cm³/mol. The molecule has 2 aromatic rings. The first kappa shape index (κ1) is 19.3. The number of hydrogen-bond donors (Lipinski definition) is 2. The van der Waals surface area contributed by atoms with Crippen molar-refractivity contribution in [2.45, 2.75) is 25.7 Å². The smallest absolute Gasteiger partial charge is 0.243 e. The van der Waals surface area contributed by atoms with E-state index >= 15 is 0 Å². The first-order chi connectivity index (χ1) is 11.6. The highest BCUT2D eigenvalue weighted by atomic mass is 35.5. The second kappa shape index (κ2) is 7.45. The monoisotopic (exact) mass is 380 g/mol. The van der Waals surface area contributed by atoms with E-state index in [0.29, 0.717) is 11.3 Å². The number of aryl methyl sites for hydroxylation is 2. The second-order valence-electron chi connectivity index (χ2n) is 6.04. The van der Waals surface area contributed by atoms with Gasteiger partial charge in [0.25, 0.3) is 0 Å². The van der Waals surface area contributed by atoms with Crippen LogP contribution in [0.15, 0.2) is 35.2 Å². The SMILES string of the molecule is Cc1ccc(NC(=O)CNc2ccc(Cl)c(S(C)(=O)=O)c2C)c(C)c1. The Labute approximate surface area is 153 Å². The fourth-order valence-corrected chi connectivity index (χ4v) is 4.34. The highest BCUT2D eigenvalue weighted by Crippen LogP contribution is 2.30. The summed E-state index contributed by atoms with van der Waals surface area (Å²) in [5.74, 6) is -0.220. The lowest BCUT2D eigenvalue weighted by Gasteiger charge is -2.14. The third-order valence-electron chi connectivity index (χ3n) is 3.82. The molecule has 0 spiro atoms. The van der Waals surface area contributed by atoms with E-state index in [1.54, 1.807) is 13.0 Å². The summed E-state index contributed by atoms with van der Waals surface area (Å²) in [6.45, 7) is 5.59. The van der Waals surface area contributed by atoms with Crippen LogP contribution in [0.4, 0.5) is 11.4 Å². The molecule has 0 saturated heterocycles. The molecule has 0 saturated carbocycles. The molecule has 5 nitrogen and oxygen atoms in total. The normalized spacial score (nSPS) is 11.2. The van der Waals surface area contributed by atoms with Gasteiger partial charge in [-0.15, -0.1) is 0 Å². The maximum atomic E-state index is 12.2. The number of carbonyl (C=O) groups is 1. The number of halogens is 1. The Morgan fingerprint density at radius 1 is 1.08 bits per heavy atom. The first-order valence-electron chi connectivity index (χ1n) is 7.69. The van der Waals surface area contributed by atoms with Gasteiger partial charge >= 0.3 is 0 Å². The molecule has 0 aliphatic rings. The first-order valence-corrected chi connectivity index (χ1v) is 9.96. The molecule has 1 amide bonds. The van der Waals surface area contributed by atoms with Crippen LogP contribution in [-0.2, 0) is 14.6 Å². The van der Waals surface area contributed by atoms with Crippen molar-refractivity contribution < 1.29 is 13.2 Å². The van der Waals surface area contributed by atoms with Gasteiger partial charge in [-0.2, -0.15) is 0 Å². The largest absolute Gasteiger partial charge is 0.376 e. The lowest BCUT2D eigenvalue weighted by atomic mass is 10.1. The summed E-state index contributed by atoms with van der Waals surface area (Å²) in [5.41, 5.74) is 3.91. The summed E-state index contributed by atoms with van der Waals surface area (Å²) >= 11 is 6.00. The highest BCUT2D eigenvalue weighted by molar-refractivity contribution is 7.90. The zero-order chi connectivity index (χ0) is 18.8. The molecule has 2 rings (SSSR count). The van der Waals surface area contributed by atoms with Crippen LogP contribution in [0.5, 0.6) is 0 Å². The van der Waals surface area contributed by atoms with E-state index < -0.39 is 9.84 Å². The van der Waals surface area contributed by atoms with Crippen molar-refractivity contribution in [3.8, 4) is 0 Å². The molecule has 25 heavy (non-hydrogen) atoms. The third-order valence-corrected chi connectivity index (χ3v) is 5.52. The minimum Gasteiger partial charge on any atom is -0.376 e. The summed E-state index contributed by atoms with van der Waals surface area (Å²) in [7, 11) is -3.46. The van der Waals surface area contributed by atoms with Crippen molar-refractivity contribution in [1.29, 1.82) is 0 Å². The van der Waals surface area contributed by atoms with E-state index in [4.69, 9.17) is 11.6 Å². The standard InChI is InChI=1S/C18H21ClN2O3S/c1-11-5-7-15(12(2)9-11)21-17(22)10-20-16-8-6-14(19)18(13(16)3)25(4,23)24/h5-9,20H,10H2,1-4H3,(H,21,22). The second-order valence-corrected chi connectivity index (χ2v) is 8.40. The topological polar surface area (TPSA) is 75.3 Å². The van der Waals surface area contributed by atoms with E-state index in [1.165, 1.54) is 6.07 Å². The van der Waals surface area contributed by atoms with Gasteiger partial charge in [0.15, 0.2) is 9.84 Å². The molecule has 0 bridgehead atoms. The fourth-order valence-electron chi connectivity index (χ4n) is 2.63. The van der Waals surface area contributed by atoms with Crippen LogP contribution < -0.4 is 10.6 Å². The number of nitrogens with one attached hydrogen (secondary N) is 2. The minimum atomic E-state index is -3.46. The summed E-state index contributed by atoms with van der Waals surface area (Å²) < 4.78 is 23.8. The Morgan fingerprint density at radius 3 is 2.32 bits per heavy atom. The van der Waals surface area contributed by atoms with Gasteiger partial charge in [0.1, 0.15) is 0 Å². The van der Waals surface area contributed by atoms with Crippen molar-refractivity contribution in [2.75, 3.05) is 23.4 Å². The van der Waals surface area contributed by atoms with Gasteiger partial charge in [-0.25, -0.2) is 8.42 Å². The number of anilines is 2. The van der Waals surface area contributed by atoms with Gasteiger partial charge in [0.05, 0.1) is 16.5 Å². The number of sulfone groups is 1. The maximum absolute atomic E-state index is 12.2. The number of rotatable bonds is 5. The molecule has 0 aliphatic carbocycles. The molecule has 0 fully saturated rings. The van der Waals surface area contributed by atoms with E-state index in [2.05, 4.69) is 10.6 Å². The molecule has 2 N–H and O–H groups in total. The molecule has 0 radical (unpaired) electrons. The van der Waals surface area contributed by atoms with Gasteiger partial charge in [-0.3, -0.25) is 4.79 Å². The van der Waals surface area contributed by atoms with Crippen molar-refractivity contribution in [3.63, 3.8) is 0 Å². The van der Waals surface area contributed by atoms with Crippen LogP contribution >= 0.6 is 11.6 Å². The van der Waals surface area contributed by atoms with Crippen LogP contribution in [0, 0.1) is 20.8 Å². The van der Waals surface area contributed by atoms with Crippen molar-refractivity contribution in [3.05, 3.63) is 52.0 Å². The number of amides is 1. The quantitative estimate of drug-likeness (QED) is 0.828. The van der Waals surface area contributed by atoms with Crippen LogP contribution in [-0.4, -0.2) is 27.1 Å². The lowest BCUT2D eigenvalue weighted by Crippen LogP contribution is -2.22. The Balaban J connectivity index is 2.12. The summed E-state index contributed by atoms with van der Waals surface area (Å²) in [5, 5.41) is 5.98. The predicted octanol–water partition coefficient (Wildman–Crippen LogP) is 3.72. The molecular weight excluding hydrogens is 360 g/mol. The molecule has 2 aromatic carbocycles. The number of benzene rings is 2. The van der Waals surface area contributed by atoms with E-state index in [0.717, 1.165) is 23.1 Å². The van der Waals surface area contributed by atoms with E-state index in [-0.39, 0.29) is 22.4 Å². The summed E-state index contributed by atoms with van der Waals surface area (Å²) in [4.78, 5) is 12.2. The Kier molecular flexibility index (Phi) is 5.75. The fraction of sp³-hybridized carbons (Fsp3) is 0.278. The van der Waals surface area contributed by atoms with E-state index in [9.17, 15) is 13.2 Å². The Hall–Kier alpha value is -2.05. The average Bonchev–Trinajstić information content (AvgIpc) is 2.48. The summed E-state index contributed by atoms with van der Waals surface area (Å²) in [6.07, 6.45) is 1.11. The zero-order valence-corrected chi connectivity index (χ0v) is 16.2. The molecule has 0 aromatic heterocycles.